The second-order valence-corrected chi connectivity index (χ2v) is 7.56. The third-order valence-corrected chi connectivity index (χ3v) is 5.40. The molecule has 0 radical (unpaired) electrons. The minimum Gasteiger partial charge on any atom is -0.493 e. The van der Waals surface area contributed by atoms with E-state index in [9.17, 15) is 4.79 Å². The number of H-pyrrole nitrogens is 1. The molecule has 0 fully saturated rings. The maximum atomic E-state index is 12.4. The Morgan fingerprint density at radius 2 is 1.86 bits per heavy atom. The van der Waals surface area contributed by atoms with Crippen LogP contribution in [0.15, 0.2) is 69.9 Å². The summed E-state index contributed by atoms with van der Waals surface area (Å²) in [5, 5.41) is 1.18. The third-order valence-electron chi connectivity index (χ3n) is 4.45. The first-order chi connectivity index (χ1) is 14.1. The van der Waals surface area contributed by atoms with Crippen molar-refractivity contribution in [3.05, 3.63) is 86.1 Å². The molecule has 3 aromatic carbocycles. The summed E-state index contributed by atoms with van der Waals surface area (Å²) in [4.78, 5) is 19.8. The number of nitrogens with one attached hydrogen (secondary N) is 1. The van der Waals surface area contributed by atoms with Gasteiger partial charge >= 0.3 is 0 Å². The van der Waals surface area contributed by atoms with E-state index >= 15 is 0 Å². The van der Waals surface area contributed by atoms with Gasteiger partial charge in [0.1, 0.15) is 12.4 Å². The van der Waals surface area contributed by atoms with Gasteiger partial charge in [0.2, 0.25) is 0 Å². The molecule has 0 aliphatic rings. The molecule has 29 heavy (non-hydrogen) atoms. The number of ether oxygens (including phenoxy) is 2. The zero-order valence-corrected chi connectivity index (χ0v) is 17.8. The predicted octanol–water partition coefficient (Wildman–Crippen LogP) is 5.59. The zero-order valence-electron chi connectivity index (χ0n) is 15.4. The molecule has 1 N–H and O–H groups in total. The molecule has 0 aliphatic carbocycles. The fourth-order valence-corrected chi connectivity index (χ4v) is 3.73. The summed E-state index contributed by atoms with van der Waals surface area (Å²) in [6, 6.07) is 18.3. The number of aromatic amines is 1. The zero-order chi connectivity index (χ0) is 20.4. The highest BCUT2D eigenvalue weighted by Gasteiger charge is 2.15. The first kappa shape index (κ1) is 19.5. The molecule has 0 bridgehead atoms. The lowest BCUT2D eigenvalue weighted by Gasteiger charge is -2.15. The van der Waals surface area contributed by atoms with Gasteiger partial charge in [-0.15, -0.1) is 0 Å². The standard InChI is InChI=1S/C22H16BrClN2O3/c1-28-19-11-14(21-25-18-9-5-3-7-15(18)22(27)26-21)10-16(23)20(19)29-12-13-6-2-4-8-17(13)24/h2-11H,12H2,1H3,(H,25,26,27). The van der Waals surface area contributed by atoms with Crippen LogP contribution in [0.25, 0.3) is 22.3 Å². The summed E-state index contributed by atoms with van der Waals surface area (Å²) in [6.07, 6.45) is 0. The van der Waals surface area contributed by atoms with Crippen molar-refractivity contribution in [1.29, 1.82) is 0 Å². The predicted molar refractivity (Wildman–Crippen MR) is 118 cm³/mol. The van der Waals surface area contributed by atoms with E-state index in [-0.39, 0.29) is 5.56 Å². The monoisotopic (exact) mass is 470 g/mol. The number of rotatable bonds is 5. The molecule has 1 aromatic heterocycles. The van der Waals surface area contributed by atoms with Crippen LogP contribution in [0.3, 0.4) is 0 Å². The normalized spacial score (nSPS) is 10.9. The quantitative estimate of drug-likeness (QED) is 0.412. The Morgan fingerprint density at radius 3 is 2.66 bits per heavy atom. The van der Waals surface area contributed by atoms with Crippen LogP contribution in [0.4, 0.5) is 0 Å². The molecule has 0 atom stereocenters. The molecule has 7 heteroatoms. The Bertz CT molecular complexity index is 1260. The lowest BCUT2D eigenvalue weighted by Crippen LogP contribution is -2.09. The highest BCUT2D eigenvalue weighted by Crippen LogP contribution is 2.39. The van der Waals surface area contributed by atoms with Crippen molar-refractivity contribution in [1.82, 2.24) is 9.97 Å². The van der Waals surface area contributed by atoms with Crippen molar-refractivity contribution in [2.24, 2.45) is 0 Å². The van der Waals surface area contributed by atoms with Crippen molar-refractivity contribution in [3.63, 3.8) is 0 Å². The van der Waals surface area contributed by atoms with Gasteiger partial charge in [-0.25, -0.2) is 4.98 Å². The van der Waals surface area contributed by atoms with Crippen molar-refractivity contribution >= 4 is 38.4 Å². The second-order valence-electron chi connectivity index (χ2n) is 6.30. The Hall–Kier alpha value is -2.83. The molecule has 0 amide bonds. The van der Waals surface area contributed by atoms with Crippen LogP contribution >= 0.6 is 27.5 Å². The Balaban J connectivity index is 1.71. The van der Waals surface area contributed by atoms with Gasteiger partial charge in [0.25, 0.3) is 5.56 Å². The molecular weight excluding hydrogens is 456 g/mol. The summed E-state index contributed by atoms with van der Waals surface area (Å²) in [6.45, 7) is 0.291. The lowest BCUT2D eigenvalue weighted by molar-refractivity contribution is 0.283. The average Bonchev–Trinajstić information content (AvgIpc) is 2.73. The molecule has 0 saturated carbocycles. The Morgan fingerprint density at radius 1 is 1.10 bits per heavy atom. The van der Waals surface area contributed by atoms with E-state index in [2.05, 4.69) is 25.9 Å². The number of para-hydroxylation sites is 1. The van der Waals surface area contributed by atoms with Crippen LogP contribution in [0.1, 0.15) is 5.56 Å². The smallest absolute Gasteiger partial charge is 0.259 e. The van der Waals surface area contributed by atoms with Gasteiger partial charge < -0.3 is 14.5 Å². The van der Waals surface area contributed by atoms with Crippen molar-refractivity contribution in [3.8, 4) is 22.9 Å². The molecule has 0 spiro atoms. The number of fused-ring (bicyclic) bond motifs is 1. The van der Waals surface area contributed by atoms with Crippen LogP contribution in [0, 0.1) is 0 Å². The minimum atomic E-state index is -0.195. The number of hydrogen-bond donors (Lipinski definition) is 1. The van der Waals surface area contributed by atoms with E-state index in [0.29, 0.717) is 49.9 Å². The number of benzene rings is 3. The van der Waals surface area contributed by atoms with Crippen molar-refractivity contribution < 1.29 is 9.47 Å². The summed E-state index contributed by atoms with van der Waals surface area (Å²) < 4.78 is 12.2. The van der Waals surface area contributed by atoms with Crippen molar-refractivity contribution in [2.75, 3.05) is 7.11 Å². The topological polar surface area (TPSA) is 64.2 Å². The van der Waals surface area contributed by atoms with Gasteiger partial charge in [-0.05, 0) is 46.3 Å². The third kappa shape index (κ3) is 3.99. The fourth-order valence-electron chi connectivity index (χ4n) is 2.99. The SMILES string of the molecule is COc1cc(-c2nc3ccccc3c(=O)[nH]2)cc(Br)c1OCc1ccccc1Cl. The van der Waals surface area contributed by atoms with Gasteiger partial charge in [-0.1, -0.05) is 41.9 Å². The molecular formula is C22H16BrClN2O3. The maximum Gasteiger partial charge on any atom is 0.259 e. The molecule has 0 saturated heterocycles. The number of methoxy groups -OCH3 is 1. The van der Waals surface area contributed by atoms with Gasteiger partial charge in [0.05, 0.1) is 22.5 Å². The van der Waals surface area contributed by atoms with Gasteiger partial charge in [-0.3, -0.25) is 4.79 Å². The number of aromatic nitrogens is 2. The average molecular weight is 472 g/mol. The molecule has 4 aromatic rings. The van der Waals surface area contributed by atoms with Crippen LogP contribution < -0.4 is 15.0 Å². The van der Waals surface area contributed by atoms with Crippen molar-refractivity contribution in [2.45, 2.75) is 6.61 Å². The van der Waals surface area contributed by atoms with E-state index in [0.717, 1.165) is 5.56 Å². The van der Waals surface area contributed by atoms with Gasteiger partial charge in [0, 0.05) is 16.1 Å². The van der Waals surface area contributed by atoms with E-state index in [1.54, 1.807) is 25.3 Å². The van der Waals surface area contributed by atoms with Crippen LogP contribution in [0.2, 0.25) is 5.02 Å². The van der Waals surface area contributed by atoms with Crippen LogP contribution in [-0.4, -0.2) is 17.1 Å². The van der Waals surface area contributed by atoms with Crippen LogP contribution in [-0.2, 0) is 6.61 Å². The molecule has 146 valence electrons. The molecule has 4 rings (SSSR count). The van der Waals surface area contributed by atoms with Gasteiger partial charge in [0.15, 0.2) is 11.5 Å². The first-order valence-corrected chi connectivity index (χ1v) is 9.97. The van der Waals surface area contributed by atoms with E-state index < -0.39 is 0 Å². The van der Waals surface area contributed by atoms with Crippen LogP contribution in [0.5, 0.6) is 11.5 Å². The summed E-state index contributed by atoms with van der Waals surface area (Å²) in [7, 11) is 1.56. The number of halogens is 2. The largest absolute Gasteiger partial charge is 0.493 e. The lowest BCUT2D eigenvalue weighted by atomic mass is 10.1. The highest BCUT2D eigenvalue weighted by atomic mass is 79.9. The molecule has 5 nitrogen and oxygen atoms in total. The minimum absolute atomic E-state index is 0.195. The van der Waals surface area contributed by atoms with E-state index in [4.69, 9.17) is 21.1 Å². The fraction of sp³-hybridized carbons (Fsp3) is 0.0909. The maximum absolute atomic E-state index is 12.4. The Kier molecular flexibility index (Phi) is 5.56. The second kappa shape index (κ2) is 8.27. The summed E-state index contributed by atoms with van der Waals surface area (Å²) in [5.41, 5.74) is 1.99. The first-order valence-electron chi connectivity index (χ1n) is 8.80. The molecule has 0 unspecified atom stereocenters. The van der Waals surface area contributed by atoms with E-state index in [1.807, 2.05) is 42.5 Å². The Labute approximate surface area is 180 Å². The van der Waals surface area contributed by atoms with Gasteiger partial charge in [-0.2, -0.15) is 0 Å². The number of hydrogen-bond acceptors (Lipinski definition) is 4. The summed E-state index contributed by atoms with van der Waals surface area (Å²) >= 11 is 9.75. The van der Waals surface area contributed by atoms with E-state index in [1.165, 1.54) is 0 Å². The molecule has 0 aliphatic heterocycles. The number of nitrogens with zero attached hydrogens (tertiary/aromatic N) is 1. The highest BCUT2D eigenvalue weighted by molar-refractivity contribution is 9.10. The summed E-state index contributed by atoms with van der Waals surface area (Å²) in [5.74, 6) is 1.50. The molecule has 1 heterocycles.